The summed E-state index contributed by atoms with van der Waals surface area (Å²) < 4.78 is 1.98. The van der Waals surface area contributed by atoms with Gasteiger partial charge in [0.2, 0.25) is 5.91 Å². The molecule has 0 saturated heterocycles. The van der Waals surface area contributed by atoms with Crippen molar-refractivity contribution in [2.45, 2.75) is 39.4 Å². The van der Waals surface area contributed by atoms with Crippen molar-refractivity contribution in [3.05, 3.63) is 88.4 Å². The first-order valence-corrected chi connectivity index (χ1v) is 12.0. The highest BCUT2D eigenvalue weighted by Gasteiger charge is 2.21. The molecule has 2 amide bonds. The lowest BCUT2D eigenvalue weighted by Crippen LogP contribution is -2.39. The van der Waals surface area contributed by atoms with Gasteiger partial charge in [-0.2, -0.15) is 0 Å². The van der Waals surface area contributed by atoms with Crippen LogP contribution in [0, 0.1) is 0 Å². The van der Waals surface area contributed by atoms with E-state index < -0.39 is 0 Å². The largest absolute Gasteiger partial charge is 0.351 e. The van der Waals surface area contributed by atoms with Gasteiger partial charge in [-0.05, 0) is 43.0 Å². The Morgan fingerprint density at radius 3 is 2.52 bits per heavy atom. The van der Waals surface area contributed by atoms with Crippen molar-refractivity contribution >= 4 is 34.2 Å². The van der Waals surface area contributed by atoms with Crippen LogP contribution in [0.15, 0.2) is 72.1 Å². The molecule has 0 aliphatic carbocycles. The molecule has 0 unspecified atom stereocenters. The van der Waals surface area contributed by atoms with E-state index in [4.69, 9.17) is 4.98 Å². The number of amides is 2. The van der Waals surface area contributed by atoms with E-state index in [-0.39, 0.29) is 24.4 Å². The van der Waals surface area contributed by atoms with Gasteiger partial charge in [0.05, 0.1) is 15.9 Å². The van der Waals surface area contributed by atoms with E-state index in [1.54, 1.807) is 6.07 Å². The highest BCUT2D eigenvalue weighted by atomic mass is 32.1. The number of imidazole rings is 1. The van der Waals surface area contributed by atoms with Crippen LogP contribution in [0.3, 0.4) is 0 Å². The van der Waals surface area contributed by atoms with E-state index >= 15 is 0 Å². The first kappa shape index (κ1) is 22.7. The van der Waals surface area contributed by atoms with E-state index in [1.165, 1.54) is 11.3 Å². The first-order chi connectivity index (χ1) is 16.0. The highest BCUT2D eigenvalue weighted by Crippen LogP contribution is 2.18. The number of fused-ring (bicyclic) bond motifs is 1. The molecule has 0 aliphatic rings. The lowest BCUT2D eigenvalue weighted by atomic mass is 10.2. The molecule has 4 rings (SSSR count). The van der Waals surface area contributed by atoms with E-state index in [0.717, 1.165) is 22.4 Å². The molecule has 0 aliphatic heterocycles. The van der Waals surface area contributed by atoms with Crippen molar-refractivity contribution < 1.29 is 9.59 Å². The Labute approximate surface area is 197 Å². The van der Waals surface area contributed by atoms with Gasteiger partial charge in [-0.3, -0.25) is 9.59 Å². The quantitative estimate of drug-likeness (QED) is 0.400. The van der Waals surface area contributed by atoms with Crippen LogP contribution in [0.1, 0.15) is 34.9 Å². The highest BCUT2D eigenvalue weighted by molar-refractivity contribution is 7.12. The maximum Gasteiger partial charge on any atom is 0.261 e. The molecule has 0 fully saturated rings. The molecule has 2 aromatic heterocycles. The zero-order valence-electron chi connectivity index (χ0n) is 18.9. The molecule has 7 heteroatoms. The minimum absolute atomic E-state index is 0.0425. The van der Waals surface area contributed by atoms with Crippen LogP contribution in [-0.4, -0.2) is 38.9 Å². The number of hydrogen-bond donors (Lipinski definition) is 1. The molecular formula is C26H28N4O2S. The Kier molecular flexibility index (Phi) is 7.19. The van der Waals surface area contributed by atoms with Crippen molar-refractivity contribution in [2.75, 3.05) is 6.54 Å². The van der Waals surface area contributed by atoms with Crippen molar-refractivity contribution in [3.63, 3.8) is 0 Å². The maximum absolute atomic E-state index is 13.4. The smallest absolute Gasteiger partial charge is 0.261 e. The second-order valence-corrected chi connectivity index (χ2v) is 9.13. The summed E-state index contributed by atoms with van der Waals surface area (Å²) in [5, 5.41) is 4.84. The van der Waals surface area contributed by atoms with Crippen LogP contribution in [0.5, 0.6) is 0 Å². The standard InChI is InChI=1S/C26H28N4O2S/c1-19(2)29(17-20-9-4-3-5-10-20)25(31)18-30-22-12-7-6-11-21(22)28-24(30)14-15-27-26(32)23-13-8-16-33-23/h3-13,16,19H,14-15,17-18H2,1-2H3,(H,27,32). The number of hydrogen-bond acceptors (Lipinski definition) is 4. The topological polar surface area (TPSA) is 67.2 Å². The molecule has 170 valence electrons. The molecule has 0 saturated carbocycles. The first-order valence-electron chi connectivity index (χ1n) is 11.1. The lowest BCUT2D eigenvalue weighted by Gasteiger charge is -2.27. The van der Waals surface area contributed by atoms with E-state index in [9.17, 15) is 9.59 Å². The van der Waals surface area contributed by atoms with Gasteiger partial charge in [0.1, 0.15) is 12.4 Å². The van der Waals surface area contributed by atoms with Gasteiger partial charge >= 0.3 is 0 Å². The Bertz CT molecular complexity index is 1220. The van der Waals surface area contributed by atoms with Gasteiger partial charge < -0.3 is 14.8 Å². The molecule has 2 heterocycles. The molecule has 0 atom stereocenters. The van der Waals surface area contributed by atoms with Gasteiger partial charge in [0, 0.05) is 25.6 Å². The predicted octanol–water partition coefficient (Wildman–Crippen LogP) is 4.51. The zero-order chi connectivity index (χ0) is 23.2. The van der Waals surface area contributed by atoms with Gasteiger partial charge in [0.15, 0.2) is 0 Å². The fourth-order valence-electron chi connectivity index (χ4n) is 3.84. The average Bonchev–Trinajstić information content (AvgIpc) is 3.47. The second kappa shape index (κ2) is 10.4. The fourth-order valence-corrected chi connectivity index (χ4v) is 4.48. The predicted molar refractivity (Wildman–Crippen MR) is 132 cm³/mol. The van der Waals surface area contributed by atoms with Crippen molar-refractivity contribution in [3.8, 4) is 0 Å². The second-order valence-electron chi connectivity index (χ2n) is 8.19. The van der Waals surface area contributed by atoms with Crippen molar-refractivity contribution in [2.24, 2.45) is 0 Å². The number of nitrogens with one attached hydrogen (secondary N) is 1. The summed E-state index contributed by atoms with van der Waals surface area (Å²) in [6.07, 6.45) is 0.541. The number of carbonyl (C=O) groups is 2. The Balaban J connectivity index is 1.51. The fraction of sp³-hybridized carbons (Fsp3) is 0.269. The molecule has 6 nitrogen and oxygen atoms in total. The van der Waals surface area contributed by atoms with Gasteiger partial charge in [-0.1, -0.05) is 48.5 Å². The number of aromatic nitrogens is 2. The van der Waals surface area contributed by atoms with Crippen LogP contribution in [0.2, 0.25) is 0 Å². The maximum atomic E-state index is 13.4. The number of thiophene rings is 1. The summed E-state index contributed by atoms with van der Waals surface area (Å²) in [6.45, 7) is 5.30. The summed E-state index contributed by atoms with van der Waals surface area (Å²) in [5.41, 5.74) is 2.88. The lowest BCUT2D eigenvalue weighted by molar-refractivity contribution is -0.134. The Morgan fingerprint density at radius 1 is 1.03 bits per heavy atom. The van der Waals surface area contributed by atoms with Gasteiger partial charge in [-0.15, -0.1) is 11.3 Å². The SMILES string of the molecule is CC(C)N(Cc1ccccc1)C(=O)Cn1c(CCNC(=O)c2cccs2)nc2ccccc21. The van der Waals surface area contributed by atoms with Gasteiger partial charge in [0.25, 0.3) is 5.91 Å². The van der Waals surface area contributed by atoms with Gasteiger partial charge in [-0.25, -0.2) is 4.98 Å². The Hall–Kier alpha value is -3.45. The molecule has 2 aromatic carbocycles. The zero-order valence-corrected chi connectivity index (χ0v) is 19.7. The van der Waals surface area contributed by atoms with Crippen LogP contribution in [-0.2, 0) is 24.3 Å². The minimum atomic E-state index is -0.0856. The molecule has 33 heavy (non-hydrogen) atoms. The van der Waals surface area contributed by atoms with Crippen molar-refractivity contribution in [1.29, 1.82) is 0 Å². The number of nitrogens with zero attached hydrogens (tertiary/aromatic N) is 3. The number of benzene rings is 2. The summed E-state index contributed by atoms with van der Waals surface area (Å²) in [7, 11) is 0. The monoisotopic (exact) mass is 460 g/mol. The van der Waals surface area contributed by atoms with Crippen LogP contribution >= 0.6 is 11.3 Å². The third-order valence-corrected chi connectivity index (χ3v) is 6.41. The summed E-state index contributed by atoms with van der Waals surface area (Å²) in [6, 6.07) is 21.6. The van der Waals surface area contributed by atoms with Crippen molar-refractivity contribution in [1.82, 2.24) is 19.8 Å². The van der Waals surface area contributed by atoms with Crippen LogP contribution < -0.4 is 5.32 Å². The normalized spacial score (nSPS) is 11.1. The summed E-state index contributed by atoms with van der Waals surface area (Å²) in [4.78, 5) is 33.0. The minimum Gasteiger partial charge on any atom is -0.351 e. The molecule has 0 radical (unpaired) electrons. The number of rotatable bonds is 9. The van der Waals surface area contributed by atoms with E-state index in [1.807, 2.05) is 89.4 Å². The van der Waals surface area contributed by atoms with E-state index in [2.05, 4.69) is 5.32 Å². The summed E-state index contributed by atoms with van der Waals surface area (Å²) in [5.74, 6) is 0.748. The van der Waals surface area contributed by atoms with Crippen LogP contribution in [0.4, 0.5) is 0 Å². The average molecular weight is 461 g/mol. The molecule has 1 N–H and O–H groups in total. The molecule has 0 bridgehead atoms. The number of para-hydroxylation sites is 2. The van der Waals surface area contributed by atoms with E-state index in [0.29, 0.717) is 24.4 Å². The molecular weight excluding hydrogens is 432 g/mol. The summed E-state index contributed by atoms with van der Waals surface area (Å²) >= 11 is 1.42. The Morgan fingerprint density at radius 2 is 1.79 bits per heavy atom. The number of carbonyl (C=O) groups excluding carboxylic acids is 2. The molecule has 0 spiro atoms. The third kappa shape index (κ3) is 5.49. The van der Waals surface area contributed by atoms with Crippen LogP contribution in [0.25, 0.3) is 11.0 Å². The third-order valence-electron chi connectivity index (χ3n) is 5.55. The molecule has 4 aromatic rings.